The van der Waals surface area contributed by atoms with Crippen LogP contribution in [0.1, 0.15) is 132 Å². The molecule has 0 aromatic heterocycles. The molecule has 0 N–H and O–H groups in total. The van der Waals surface area contributed by atoms with Crippen molar-refractivity contribution in [1.29, 1.82) is 0 Å². The fourth-order valence-corrected chi connectivity index (χ4v) is 15.6. The van der Waals surface area contributed by atoms with E-state index in [9.17, 15) is 9.59 Å². The molecule has 4 heteroatoms. The highest BCUT2D eigenvalue weighted by Gasteiger charge is 2.51. The Balaban J connectivity index is 0.861. The van der Waals surface area contributed by atoms with Gasteiger partial charge in [0.2, 0.25) is 0 Å². The van der Waals surface area contributed by atoms with Crippen molar-refractivity contribution in [2.75, 3.05) is 0 Å². The number of rotatable bonds is 15. The van der Waals surface area contributed by atoms with Crippen molar-refractivity contribution in [1.82, 2.24) is 0 Å². The lowest BCUT2D eigenvalue weighted by atomic mass is 9.62. The van der Waals surface area contributed by atoms with Crippen molar-refractivity contribution < 1.29 is 19.1 Å². The molecule has 10 aromatic carbocycles. The van der Waals surface area contributed by atoms with E-state index in [0.717, 1.165) is 12.8 Å². The summed E-state index contributed by atoms with van der Waals surface area (Å²) in [5.74, 6) is 0.916. The zero-order chi connectivity index (χ0) is 54.0. The van der Waals surface area contributed by atoms with Gasteiger partial charge in [-0.2, -0.15) is 0 Å². The van der Waals surface area contributed by atoms with Gasteiger partial charge in [-0.3, -0.25) is 9.59 Å². The molecular weight excluding hydrogens is 977 g/mol. The van der Waals surface area contributed by atoms with Gasteiger partial charge in [-0.15, -0.1) is 0 Å². The van der Waals surface area contributed by atoms with Crippen molar-refractivity contribution in [2.45, 2.75) is 86.9 Å². The first-order valence-corrected chi connectivity index (χ1v) is 28.7. The normalized spacial score (nSPS) is 16.6. The summed E-state index contributed by atoms with van der Waals surface area (Å²) >= 11 is 0. The Labute approximate surface area is 469 Å². The topological polar surface area (TPSA) is 52.6 Å². The number of hydrogen-bond donors (Lipinski definition) is 0. The van der Waals surface area contributed by atoms with Crippen LogP contribution in [-0.2, 0) is 20.4 Å². The average molecular weight is 1040 g/mol. The van der Waals surface area contributed by atoms with Gasteiger partial charge in [0.05, 0.1) is 0 Å². The fraction of sp³-hybridized carbons (Fsp3) is 0.184. The molecule has 80 heavy (non-hydrogen) atoms. The average Bonchev–Trinajstić information content (AvgIpc) is 3.59. The maximum atomic E-state index is 14.0. The van der Waals surface area contributed by atoms with Crippen molar-refractivity contribution in [2.24, 2.45) is 0 Å². The Hall–Kier alpha value is -8.86. The highest BCUT2D eigenvalue weighted by molar-refractivity contribution is 5.87. The van der Waals surface area contributed by atoms with Crippen LogP contribution in [0, 0.1) is 0 Å². The largest absolute Gasteiger partial charge is 0.427 e. The summed E-state index contributed by atoms with van der Waals surface area (Å²) in [4.78, 5) is 28.0. The molecule has 0 saturated carbocycles. The predicted octanol–water partition coefficient (Wildman–Crippen LogP) is 18.3. The van der Waals surface area contributed by atoms with Crippen LogP contribution in [0.25, 0.3) is 44.5 Å². The Morgan fingerprint density at radius 3 is 1.01 bits per heavy atom. The van der Waals surface area contributed by atoms with Crippen LogP contribution in [0.3, 0.4) is 0 Å². The lowest BCUT2D eigenvalue weighted by Crippen LogP contribution is -2.34. The second-order valence-corrected chi connectivity index (χ2v) is 22.6. The Kier molecular flexibility index (Phi) is 12.4. The molecule has 14 rings (SSSR count). The zero-order valence-electron chi connectivity index (χ0n) is 45.3. The summed E-state index contributed by atoms with van der Waals surface area (Å²) in [5, 5.41) is 0. The molecule has 4 atom stereocenters. The van der Waals surface area contributed by atoms with Crippen LogP contribution in [0.15, 0.2) is 243 Å². The molecule has 0 amide bonds. The van der Waals surface area contributed by atoms with Gasteiger partial charge in [-0.25, -0.2) is 0 Å². The first kappa shape index (κ1) is 49.4. The molecule has 4 nitrogen and oxygen atoms in total. The quantitative estimate of drug-likeness (QED) is 0.0758. The van der Waals surface area contributed by atoms with Crippen molar-refractivity contribution in [3.05, 3.63) is 298 Å². The number of carbonyl (C=O) groups is 2. The van der Waals surface area contributed by atoms with Crippen molar-refractivity contribution >= 4 is 11.9 Å². The summed E-state index contributed by atoms with van der Waals surface area (Å²) in [6, 6.07) is 86.7. The monoisotopic (exact) mass is 1040 g/mol. The van der Waals surface area contributed by atoms with Gasteiger partial charge in [0, 0.05) is 35.5 Å². The van der Waals surface area contributed by atoms with E-state index in [1.54, 1.807) is 0 Å². The summed E-state index contributed by atoms with van der Waals surface area (Å²) in [6.45, 7) is 4.84. The molecule has 390 valence electrons. The van der Waals surface area contributed by atoms with Crippen LogP contribution in [0.2, 0.25) is 0 Å². The number of hydrogen-bond acceptors (Lipinski definition) is 4. The minimum absolute atomic E-state index is 0.0118. The smallest absolute Gasteiger partial charge is 0.311 e. The van der Waals surface area contributed by atoms with E-state index in [0.29, 0.717) is 24.3 Å². The lowest BCUT2D eigenvalue weighted by molar-refractivity contribution is -0.135. The second kappa shape index (κ2) is 20.1. The first-order chi connectivity index (χ1) is 39.3. The number of benzene rings is 10. The van der Waals surface area contributed by atoms with Crippen molar-refractivity contribution in [3.8, 4) is 56.0 Å². The zero-order valence-corrected chi connectivity index (χ0v) is 45.3. The summed E-state index contributed by atoms with van der Waals surface area (Å²) in [7, 11) is 0. The summed E-state index contributed by atoms with van der Waals surface area (Å²) in [5.41, 5.74) is 22.5. The highest BCUT2D eigenvalue weighted by Crippen LogP contribution is 2.63. The number of fused-ring (bicyclic) bond motifs is 12. The Bertz CT molecular complexity index is 3670. The number of carbonyl (C=O) groups excluding carboxylic acids is 2. The molecule has 0 aliphatic heterocycles. The van der Waals surface area contributed by atoms with Gasteiger partial charge in [0.15, 0.2) is 0 Å². The van der Waals surface area contributed by atoms with Crippen molar-refractivity contribution in [3.63, 3.8) is 0 Å². The third kappa shape index (κ3) is 7.86. The summed E-state index contributed by atoms with van der Waals surface area (Å²) < 4.78 is 12.0. The minimum atomic E-state index is -0.516. The molecule has 10 aromatic rings. The first-order valence-electron chi connectivity index (χ1n) is 28.7. The number of para-hydroxylation sites is 2. The number of ether oxygens (including phenoxy) is 2. The molecule has 0 spiro atoms. The standard InChI is InChI=1S/C76H62O4/c1-49(75(47-45-71(77)79-51-23-5-3-6-24-51)67-39-17-13-31-59(67)60-32-14-18-40-68(60)75)53-35-21-37-63-55-27-9-11-29-57(55)65(73(53)63)43-44-66-58-30-12-10-28-56(58)64-38-22-36-54(74(64)66)50(2)76(48-46-72(78)80-52-25-7-4-8-26-52)69-41-19-15-33-61(69)62-34-16-20-42-70(62)76/h3-42,49-50,65-66H,43-48H2,1-2H3. The summed E-state index contributed by atoms with van der Waals surface area (Å²) in [6.07, 6.45) is 3.57. The van der Waals surface area contributed by atoms with E-state index in [2.05, 4.69) is 196 Å². The van der Waals surface area contributed by atoms with Gasteiger partial charge in [-0.05, 0) is 162 Å². The molecule has 0 saturated heterocycles. The number of esters is 2. The van der Waals surface area contributed by atoms with Crippen LogP contribution in [-0.4, -0.2) is 11.9 Å². The fourth-order valence-electron chi connectivity index (χ4n) is 15.6. The van der Waals surface area contributed by atoms with E-state index in [1.165, 1.54) is 100 Å². The SMILES string of the molecule is CC(c1cccc2c1C(CCC1c3ccccc3-c3cccc(C(C)C4(CCC(=O)Oc5ccccc5)c5ccccc5-c5ccccc54)c31)c1ccccc1-2)C1(CCC(=O)Oc2ccccc2)c2ccccc2-c2ccccc21. The maximum absolute atomic E-state index is 14.0. The van der Waals surface area contributed by atoms with Crippen LogP contribution in [0.4, 0.5) is 0 Å². The molecule has 4 unspecified atom stereocenters. The van der Waals surface area contributed by atoms with Crippen LogP contribution < -0.4 is 9.47 Å². The van der Waals surface area contributed by atoms with E-state index in [-0.39, 0.29) is 48.5 Å². The third-order valence-electron chi connectivity index (χ3n) is 19.0. The third-order valence-corrected chi connectivity index (χ3v) is 19.0. The molecule has 0 heterocycles. The molecule has 0 fully saturated rings. The van der Waals surface area contributed by atoms with Gasteiger partial charge in [0.1, 0.15) is 11.5 Å². The molecule has 4 aliphatic rings. The van der Waals surface area contributed by atoms with Gasteiger partial charge >= 0.3 is 11.9 Å². The molecule has 4 aliphatic carbocycles. The van der Waals surface area contributed by atoms with Gasteiger partial charge in [0.25, 0.3) is 0 Å². The minimum Gasteiger partial charge on any atom is -0.427 e. The van der Waals surface area contributed by atoms with Gasteiger partial charge < -0.3 is 9.47 Å². The molecule has 0 bridgehead atoms. The maximum Gasteiger partial charge on any atom is 0.311 e. The van der Waals surface area contributed by atoms with Crippen LogP contribution in [0.5, 0.6) is 11.5 Å². The Morgan fingerprint density at radius 1 is 0.350 bits per heavy atom. The van der Waals surface area contributed by atoms with E-state index in [1.807, 2.05) is 60.7 Å². The predicted molar refractivity (Wildman–Crippen MR) is 321 cm³/mol. The Morgan fingerprint density at radius 2 is 0.650 bits per heavy atom. The van der Waals surface area contributed by atoms with Crippen LogP contribution >= 0.6 is 0 Å². The van der Waals surface area contributed by atoms with E-state index < -0.39 is 10.8 Å². The lowest BCUT2D eigenvalue weighted by Gasteiger charge is -2.40. The molecule has 0 radical (unpaired) electrons. The van der Waals surface area contributed by atoms with E-state index >= 15 is 0 Å². The highest BCUT2D eigenvalue weighted by atomic mass is 16.5. The van der Waals surface area contributed by atoms with Gasteiger partial charge in [-0.1, -0.05) is 232 Å². The van der Waals surface area contributed by atoms with E-state index in [4.69, 9.17) is 9.47 Å². The molecular formula is C76H62O4. The second-order valence-electron chi connectivity index (χ2n) is 22.6.